The van der Waals surface area contributed by atoms with Gasteiger partial charge in [0.15, 0.2) is 5.72 Å². The maximum atomic E-state index is 5.73. The molecule has 2 unspecified atom stereocenters. The predicted molar refractivity (Wildman–Crippen MR) is 127 cm³/mol. The van der Waals surface area contributed by atoms with E-state index in [2.05, 4.69) is 107 Å². The van der Waals surface area contributed by atoms with Crippen molar-refractivity contribution in [2.24, 2.45) is 10.2 Å². The molecule has 2 atom stereocenters. The minimum absolute atomic E-state index is 0.100. The third kappa shape index (κ3) is 7.05. The van der Waals surface area contributed by atoms with Crippen LogP contribution in [0.25, 0.3) is 0 Å². The van der Waals surface area contributed by atoms with Crippen LogP contribution in [0.5, 0.6) is 0 Å². The molecule has 164 valence electrons. The molecule has 0 heterocycles. The van der Waals surface area contributed by atoms with Crippen LogP contribution in [0, 0.1) is 0 Å². The minimum atomic E-state index is -0.659. The minimum Gasteiger partial charge on any atom is -0.355 e. The topological polar surface area (TPSA) is 34.0 Å². The van der Waals surface area contributed by atoms with Gasteiger partial charge in [0.1, 0.15) is 0 Å². The molecule has 0 saturated heterocycles. The molecule has 0 aliphatic heterocycles. The molecule has 2 rings (SSSR count). The smallest absolute Gasteiger partial charge is 0.179 e. The van der Waals surface area contributed by atoms with Crippen LogP contribution >= 0.6 is 0 Å². The largest absolute Gasteiger partial charge is 0.355 e. The van der Waals surface area contributed by atoms with E-state index in [9.17, 15) is 0 Å². The quantitative estimate of drug-likeness (QED) is 0.443. The van der Waals surface area contributed by atoms with E-state index < -0.39 is 5.72 Å². The number of rotatable bonds is 7. The maximum Gasteiger partial charge on any atom is 0.179 e. The highest BCUT2D eigenvalue weighted by atomic mass is 16.5. The molecule has 0 saturated carbocycles. The Hall–Kier alpha value is -2.00. The molecule has 3 nitrogen and oxygen atoms in total. The summed E-state index contributed by atoms with van der Waals surface area (Å²) in [7, 11) is 1.71. The van der Waals surface area contributed by atoms with Crippen molar-refractivity contribution in [2.75, 3.05) is 7.11 Å². The standard InChI is InChI=1S/C27H40N2O/c1-20(18-21-10-14-23(15-11-21)25(2,3)4)28-29-27(8,30-9)19-22-12-16-24(17-13-22)26(5,6)7/h10-17,20H,18-19H2,1-9H3/b29-28+. The van der Waals surface area contributed by atoms with Gasteiger partial charge in [-0.05, 0) is 53.4 Å². The Bertz CT molecular complexity index is 823. The molecule has 0 amide bonds. The molecule has 0 fully saturated rings. The number of azo groups is 1. The average molecular weight is 409 g/mol. The molecule has 0 bridgehead atoms. The van der Waals surface area contributed by atoms with E-state index in [1.54, 1.807) is 7.11 Å². The van der Waals surface area contributed by atoms with Gasteiger partial charge in [-0.1, -0.05) is 90.1 Å². The van der Waals surface area contributed by atoms with Crippen LogP contribution in [-0.2, 0) is 28.4 Å². The number of hydrogen-bond donors (Lipinski definition) is 0. The zero-order valence-electron chi connectivity index (χ0n) is 20.4. The third-order valence-corrected chi connectivity index (χ3v) is 5.61. The monoisotopic (exact) mass is 408 g/mol. The first-order valence-corrected chi connectivity index (χ1v) is 11.0. The van der Waals surface area contributed by atoms with Crippen molar-refractivity contribution in [3.05, 3.63) is 70.8 Å². The second-order valence-corrected chi connectivity index (χ2v) is 10.7. The number of methoxy groups -OCH3 is 1. The molecule has 0 N–H and O–H groups in total. The number of hydrogen-bond acceptors (Lipinski definition) is 3. The molecule has 0 aromatic heterocycles. The van der Waals surface area contributed by atoms with Crippen LogP contribution in [-0.4, -0.2) is 18.9 Å². The van der Waals surface area contributed by atoms with Gasteiger partial charge in [0, 0.05) is 13.5 Å². The molecule has 2 aromatic carbocycles. The van der Waals surface area contributed by atoms with Gasteiger partial charge in [-0.25, -0.2) is 0 Å². The summed E-state index contributed by atoms with van der Waals surface area (Å²) in [6, 6.07) is 17.7. The van der Waals surface area contributed by atoms with Crippen molar-refractivity contribution in [1.29, 1.82) is 0 Å². The molecule has 30 heavy (non-hydrogen) atoms. The summed E-state index contributed by atoms with van der Waals surface area (Å²) in [5, 5.41) is 9.18. The number of ether oxygens (including phenoxy) is 1. The van der Waals surface area contributed by atoms with Gasteiger partial charge in [0.05, 0.1) is 6.04 Å². The lowest BCUT2D eigenvalue weighted by Crippen LogP contribution is -2.27. The van der Waals surface area contributed by atoms with E-state index in [0.29, 0.717) is 6.42 Å². The summed E-state index contributed by atoms with van der Waals surface area (Å²) in [6.45, 7) is 17.5. The van der Waals surface area contributed by atoms with Crippen LogP contribution in [0.1, 0.15) is 77.6 Å². The summed E-state index contributed by atoms with van der Waals surface area (Å²) in [5.74, 6) is 0. The molecular formula is C27H40N2O. The molecule has 0 aliphatic carbocycles. The van der Waals surface area contributed by atoms with E-state index in [0.717, 1.165) is 6.42 Å². The highest BCUT2D eigenvalue weighted by molar-refractivity contribution is 5.29. The molecule has 3 heteroatoms. The Kier molecular flexibility index (Phi) is 7.63. The van der Waals surface area contributed by atoms with Gasteiger partial charge in [0.2, 0.25) is 0 Å². The second kappa shape index (κ2) is 9.43. The fourth-order valence-corrected chi connectivity index (χ4v) is 3.39. The van der Waals surface area contributed by atoms with Crippen molar-refractivity contribution >= 4 is 0 Å². The first-order valence-electron chi connectivity index (χ1n) is 11.0. The Balaban J connectivity index is 2.02. The number of nitrogens with zero attached hydrogens (tertiary/aromatic N) is 2. The van der Waals surface area contributed by atoms with Crippen LogP contribution in [0.4, 0.5) is 0 Å². The second-order valence-electron chi connectivity index (χ2n) is 10.7. The first-order chi connectivity index (χ1) is 13.8. The third-order valence-electron chi connectivity index (χ3n) is 5.61. The van der Waals surface area contributed by atoms with E-state index >= 15 is 0 Å². The van der Waals surface area contributed by atoms with Gasteiger partial charge < -0.3 is 4.74 Å². The number of benzene rings is 2. The lowest BCUT2D eigenvalue weighted by atomic mass is 9.86. The Morgan fingerprint density at radius 3 is 1.57 bits per heavy atom. The molecule has 0 spiro atoms. The summed E-state index contributed by atoms with van der Waals surface area (Å²) >= 11 is 0. The van der Waals surface area contributed by atoms with Crippen molar-refractivity contribution in [1.82, 2.24) is 0 Å². The molecule has 2 aromatic rings. The highest BCUT2D eigenvalue weighted by Crippen LogP contribution is 2.26. The van der Waals surface area contributed by atoms with E-state index in [-0.39, 0.29) is 16.9 Å². The zero-order valence-corrected chi connectivity index (χ0v) is 20.4. The molecule has 0 radical (unpaired) electrons. The normalized spacial score (nSPS) is 15.9. The van der Waals surface area contributed by atoms with E-state index in [1.807, 2.05) is 6.92 Å². The van der Waals surface area contributed by atoms with Gasteiger partial charge in [-0.15, -0.1) is 0 Å². The van der Waals surface area contributed by atoms with Crippen molar-refractivity contribution in [2.45, 2.75) is 90.8 Å². The lowest BCUT2D eigenvalue weighted by molar-refractivity contribution is 0.00673. The van der Waals surface area contributed by atoms with E-state index in [4.69, 9.17) is 4.74 Å². The fraction of sp³-hybridized carbons (Fsp3) is 0.556. The lowest BCUT2D eigenvalue weighted by Gasteiger charge is -2.24. The van der Waals surface area contributed by atoms with Gasteiger partial charge in [0.25, 0.3) is 0 Å². The fourth-order valence-electron chi connectivity index (χ4n) is 3.39. The molecular weight excluding hydrogens is 368 g/mol. The van der Waals surface area contributed by atoms with E-state index in [1.165, 1.54) is 22.3 Å². The van der Waals surface area contributed by atoms with Gasteiger partial charge in [-0.3, -0.25) is 0 Å². The summed E-state index contributed by atoms with van der Waals surface area (Å²) < 4.78 is 5.73. The highest BCUT2D eigenvalue weighted by Gasteiger charge is 2.24. The summed E-state index contributed by atoms with van der Waals surface area (Å²) in [4.78, 5) is 0. The van der Waals surface area contributed by atoms with Crippen LogP contribution in [0.3, 0.4) is 0 Å². The maximum absolute atomic E-state index is 5.73. The van der Waals surface area contributed by atoms with Crippen LogP contribution < -0.4 is 0 Å². The Morgan fingerprint density at radius 1 is 0.733 bits per heavy atom. The Labute approximate surface area is 184 Å². The Morgan fingerprint density at radius 2 is 1.17 bits per heavy atom. The average Bonchev–Trinajstić information content (AvgIpc) is 2.66. The molecule has 0 aliphatic rings. The van der Waals surface area contributed by atoms with Crippen molar-refractivity contribution in [3.8, 4) is 0 Å². The SMILES string of the molecule is COC(C)(Cc1ccc(C(C)(C)C)cc1)/N=N/C(C)Cc1ccc(C(C)(C)C)cc1. The predicted octanol–water partition coefficient (Wildman–Crippen LogP) is 7.27. The summed E-state index contributed by atoms with van der Waals surface area (Å²) in [5.41, 5.74) is 4.85. The first kappa shape index (κ1) is 24.3. The van der Waals surface area contributed by atoms with Gasteiger partial charge >= 0.3 is 0 Å². The zero-order chi connectivity index (χ0) is 22.6. The van der Waals surface area contributed by atoms with Crippen molar-refractivity contribution < 1.29 is 4.74 Å². The summed E-state index contributed by atoms with van der Waals surface area (Å²) in [6.07, 6.45) is 1.57. The van der Waals surface area contributed by atoms with Gasteiger partial charge in [-0.2, -0.15) is 10.2 Å². The van der Waals surface area contributed by atoms with Crippen LogP contribution in [0.2, 0.25) is 0 Å². The van der Waals surface area contributed by atoms with Crippen molar-refractivity contribution in [3.63, 3.8) is 0 Å². The van der Waals surface area contributed by atoms with Crippen LogP contribution in [0.15, 0.2) is 58.8 Å².